The molecule has 0 amide bonds. The fourth-order valence-corrected chi connectivity index (χ4v) is 3.94. The van der Waals surface area contributed by atoms with Crippen LogP contribution in [-0.2, 0) is 21.7 Å². The quantitative estimate of drug-likeness (QED) is 0.511. The van der Waals surface area contributed by atoms with Crippen molar-refractivity contribution in [2.75, 3.05) is 26.4 Å². The highest BCUT2D eigenvalue weighted by molar-refractivity contribution is 7.90. The predicted molar refractivity (Wildman–Crippen MR) is 117 cm³/mol. The van der Waals surface area contributed by atoms with Crippen molar-refractivity contribution >= 4 is 27.4 Å². The van der Waals surface area contributed by atoms with Crippen LogP contribution in [-0.4, -0.2) is 40.8 Å². The van der Waals surface area contributed by atoms with E-state index >= 15 is 0 Å². The van der Waals surface area contributed by atoms with Gasteiger partial charge in [0, 0.05) is 36.8 Å². The monoisotopic (exact) mass is 439 g/mol. The Morgan fingerprint density at radius 3 is 2.34 bits per heavy atom. The van der Waals surface area contributed by atoms with Gasteiger partial charge in [-0.3, -0.25) is 4.99 Å². The molecule has 0 fully saturated rings. The minimum Gasteiger partial charge on any atom is -0.356 e. The molecule has 0 saturated carbocycles. The number of benzene rings is 2. The summed E-state index contributed by atoms with van der Waals surface area (Å²) in [7, 11) is -1.49. The molecule has 0 aliphatic heterocycles. The minimum absolute atomic E-state index is 0.313. The number of nitrogens with one attached hydrogen (secondary N) is 2. The van der Waals surface area contributed by atoms with E-state index in [1.807, 2.05) is 26.0 Å². The van der Waals surface area contributed by atoms with E-state index in [2.05, 4.69) is 15.6 Å². The largest absolute Gasteiger partial charge is 0.356 e. The second-order valence-corrected chi connectivity index (χ2v) is 9.95. The lowest BCUT2D eigenvalue weighted by Crippen LogP contribution is -2.44. The van der Waals surface area contributed by atoms with Gasteiger partial charge in [0.2, 0.25) is 0 Å². The number of hydrogen-bond donors (Lipinski definition) is 2. The average Bonchev–Trinajstić information content (AvgIpc) is 2.64. The van der Waals surface area contributed by atoms with E-state index in [0.717, 1.165) is 17.5 Å². The first-order valence-electron chi connectivity index (χ1n) is 9.22. The standard InChI is InChI=1S/C21H27ClFN3O2S/c1-21(2,18-10-7-16(23)13-19(18)22)14-26-20(24-3)25-12-11-15-5-8-17(9-6-15)29(4,27)28/h5-10,13H,11-12,14H2,1-4H3,(H2,24,25,26). The SMILES string of the molecule is CN=C(NCCc1ccc(S(C)(=O)=O)cc1)NCC(C)(C)c1ccc(F)cc1Cl. The Balaban J connectivity index is 1.89. The number of guanidine groups is 1. The zero-order valence-corrected chi connectivity index (χ0v) is 18.7. The molecule has 0 atom stereocenters. The van der Waals surface area contributed by atoms with E-state index in [0.29, 0.717) is 29.0 Å². The Morgan fingerprint density at radius 1 is 1.14 bits per heavy atom. The number of hydrogen-bond acceptors (Lipinski definition) is 3. The molecule has 5 nitrogen and oxygen atoms in total. The summed E-state index contributed by atoms with van der Waals surface area (Å²) in [6, 6.07) is 11.3. The van der Waals surface area contributed by atoms with E-state index in [9.17, 15) is 12.8 Å². The number of nitrogens with zero attached hydrogens (tertiary/aromatic N) is 1. The van der Waals surface area contributed by atoms with E-state index in [1.54, 1.807) is 25.2 Å². The number of halogens is 2. The molecule has 8 heteroatoms. The maximum Gasteiger partial charge on any atom is 0.191 e. The third-order valence-electron chi connectivity index (χ3n) is 4.64. The van der Waals surface area contributed by atoms with Crippen molar-refractivity contribution in [3.05, 3.63) is 64.4 Å². The van der Waals surface area contributed by atoms with Crippen LogP contribution in [0.25, 0.3) is 0 Å². The number of rotatable bonds is 7. The van der Waals surface area contributed by atoms with Gasteiger partial charge >= 0.3 is 0 Å². The zero-order chi connectivity index (χ0) is 21.7. The van der Waals surface area contributed by atoms with Gasteiger partial charge in [-0.1, -0.05) is 43.6 Å². The first-order chi connectivity index (χ1) is 13.5. The molecule has 0 aromatic heterocycles. The molecule has 2 rings (SSSR count). The molecule has 0 aliphatic rings. The minimum atomic E-state index is -3.18. The molecule has 0 aliphatic carbocycles. The first kappa shape index (κ1) is 23.2. The van der Waals surface area contributed by atoms with Crippen LogP contribution in [0.1, 0.15) is 25.0 Å². The molecule has 158 valence electrons. The van der Waals surface area contributed by atoms with Crippen LogP contribution in [0.3, 0.4) is 0 Å². The molecule has 0 saturated heterocycles. The lowest BCUT2D eigenvalue weighted by molar-refractivity contribution is 0.507. The fraction of sp³-hybridized carbons (Fsp3) is 0.381. The van der Waals surface area contributed by atoms with Crippen LogP contribution in [0.2, 0.25) is 5.02 Å². The molecular formula is C21H27ClFN3O2S. The van der Waals surface area contributed by atoms with Gasteiger partial charge < -0.3 is 10.6 Å². The third kappa shape index (κ3) is 6.72. The van der Waals surface area contributed by atoms with Crippen molar-refractivity contribution in [2.45, 2.75) is 30.6 Å². The van der Waals surface area contributed by atoms with Crippen LogP contribution in [0.4, 0.5) is 4.39 Å². The van der Waals surface area contributed by atoms with Crippen molar-refractivity contribution in [2.24, 2.45) is 4.99 Å². The summed E-state index contributed by atoms with van der Waals surface area (Å²) >= 11 is 6.20. The van der Waals surface area contributed by atoms with Gasteiger partial charge in [-0.25, -0.2) is 12.8 Å². The summed E-state index contributed by atoms with van der Waals surface area (Å²) in [5, 5.41) is 6.91. The van der Waals surface area contributed by atoms with Crippen molar-refractivity contribution < 1.29 is 12.8 Å². The van der Waals surface area contributed by atoms with E-state index in [4.69, 9.17) is 11.6 Å². The molecule has 0 unspecified atom stereocenters. The van der Waals surface area contributed by atoms with E-state index in [-0.39, 0.29) is 11.2 Å². The van der Waals surface area contributed by atoms with Gasteiger partial charge in [0.25, 0.3) is 0 Å². The molecule has 2 N–H and O–H groups in total. The number of aliphatic imine (C=N–C) groups is 1. The molecular weight excluding hydrogens is 413 g/mol. The van der Waals surface area contributed by atoms with Crippen LogP contribution in [0, 0.1) is 5.82 Å². The van der Waals surface area contributed by atoms with Crippen LogP contribution >= 0.6 is 11.6 Å². The fourth-order valence-electron chi connectivity index (χ4n) is 2.89. The summed E-state index contributed by atoms with van der Waals surface area (Å²) in [5.74, 6) is 0.286. The lowest BCUT2D eigenvalue weighted by atomic mass is 9.84. The molecule has 0 heterocycles. The van der Waals surface area contributed by atoms with E-state index in [1.165, 1.54) is 18.4 Å². The summed E-state index contributed by atoms with van der Waals surface area (Å²) in [6.45, 7) is 5.24. The van der Waals surface area contributed by atoms with Gasteiger partial charge in [0.1, 0.15) is 5.82 Å². The highest BCUT2D eigenvalue weighted by Crippen LogP contribution is 2.29. The van der Waals surface area contributed by atoms with Crippen LogP contribution in [0.15, 0.2) is 52.4 Å². The normalized spacial score (nSPS) is 12.7. The topological polar surface area (TPSA) is 70.6 Å². The van der Waals surface area contributed by atoms with Crippen molar-refractivity contribution in [1.29, 1.82) is 0 Å². The summed E-state index contributed by atoms with van der Waals surface area (Å²) < 4.78 is 36.3. The Labute approximate surface area is 177 Å². The highest BCUT2D eigenvalue weighted by Gasteiger charge is 2.24. The Bertz CT molecular complexity index is 974. The Hall–Kier alpha value is -2.12. The second-order valence-electron chi connectivity index (χ2n) is 7.53. The van der Waals surface area contributed by atoms with Crippen LogP contribution in [0.5, 0.6) is 0 Å². The maximum absolute atomic E-state index is 13.3. The Kier molecular flexibility index (Phi) is 7.66. The molecule has 2 aromatic carbocycles. The second kappa shape index (κ2) is 9.59. The molecule has 0 bridgehead atoms. The maximum atomic E-state index is 13.3. The van der Waals surface area contributed by atoms with Crippen LogP contribution < -0.4 is 10.6 Å². The Morgan fingerprint density at radius 2 is 1.79 bits per heavy atom. The van der Waals surface area contributed by atoms with Gasteiger partial charge in [0.15, 0.2) is 15.8 Å². The first-order valence-corrected chi connectivity index (χ1v) is 11.5. The molecule has 0 radical (unpaired) electrons. The predicted octanol–water partition coefficient (Wildman–Crippen LogP) is 3.57. The van der Waals surface area contributed by atoms with E-state index < -0.39 is 9.84 Å². The van der Waals surface area contributed by atoms with Gasteiger partial charge in [0.05, 0.1) is 4.90 Å². The zero-order valence-electron chi connectivity index (χ0n) is 17.1. The van der Waals surface area contributed by atoms with Crippen molar-refractivity contribution in [3.8, 4) is 0 Å². The lowest BCUT2D eigenvalue weighted by Gasteiger charge is -2.27. The van der Waals surface area contributed by atoms with Gasteiger partial charge in [-0.05, 0) is 41.8 Å². The molecule has 0 spiro atoms. The molecule has 2 aromatic rings. The average molecular weight is 440 g/mol. The van der Waals surface area contributed by atoms with Gasteiger partial charge in [-0.2, -0.15) is 0 Å². The highest BCUT2D eigenvalue weighted by atomic mass is 35.5. The van der Waals surface area contributed by atoms with Crippen molar-refractivity contribution in [3.63, 3.8) is 0 Å². The molecule has 29 heavy (non-hydrogen) atoms. The van der Waals surface area contributed by atoms with Gasteiger partial charge in [-0.15, -0.1) is 0 Å². The van der Waals surface area contributed by atoms with Crippen molar-refractivity contribution in [1.82, 2.24) is 10.6 Å². The third-order valence-corrected chi connectivity index (χ3v) is 6.08. The summed E-state index contributed by atoms with van der Waals surface area (Å²) in [6.07, 6.45) is 1.91. The smallest absolute Gasteiger partial charge is 0.191 e. The summed E-state index contributed by atoms with van der Waals surface area (Å²) in [4.78, 5) is 4.53. The number of sulfone groups is 1. The summed E-state index contributed by atoms with van der Waals surface area (Å²) in [5.41, 5.74) is 1.55.